The fraction of sp³-hybridized carbons (Fsp3) is 0.381. The molecule has 0 amide bonds. The van der Waals surface area contributed by atoms with Crippen molar-refractivity contribution in [2.24, 2.45) is 0 Å². The first-order valence-electron chi connectivity index (χ1n) is 9.23. The largest absolute Gasteiger partial charge is 0.482 e. The fourth-order valence-corrected chi connectivity index (χ4v) is 5.41. The van der Waals surface area contributed by atoms with Gasteiger partial charge >= 0.3 is 5.97 Å². The van der Waals surface area contributed by atoms with E-state index >= 15 is 0 Å². The minimum Gasteiger partial charge on any atom is -0.482 e. The predicted octanol–water partition coefficient (Wildman–Crippen LogP) is 3.46. The number of carboxylic acids is 1. The standard InChI is InChI=1S/C21H25NO5S/c1-14-10-15(2)12-16(11-14)28(25,26)22(3)19-8-4-7-18-17(19)6-5-9-20(18)27-13-21(23)24/h5-6,9-12,19H,4,7-8,13H2,1-3H3,(H,23,24)/t19-/m1/s1. The van der Waals surface area contributed by atoms with E-state index in [1.54, 1.807) is 31.3 Å². The van der Waals surface area contributed by atoms with Crippen LogP contribution in [-0.4, -0.2) is 37.5 Å². The molecule has 0 aromatic heterocycles. The van der Waals surface area contributed by atoms with Gasteiger partial charge in [-0.05, 0) is 73.6 Å². The molecule has 2 aromatic rings. The molecule has 1 N–H and O–H groups in total. The molecular weight excluding hydrogens is 378 g/mol. The lowest BCUT2D eigenvalue weighted by atomic mass is 9.87. The molecule has 0 heterocycles. The summed E-state index contributed by atoms with van der Waals surface area (Å²) in [6.45, 7) is 3.35. The number of aryl methyl sites for hydroxylation is 2. The Kier molecular flexibility index (Phi) is 5.76. The zero-order valence-corrected chi connectivity index (χ0v) is 17.1. The van der Waals surface area contributed by atoms with Gasteiger partial charge in [0, 0.05) is 7.05 Å². The smallest absolute Gasteiger partial charge is 0.341 e. The van der Waals surface area contributed by atoms with Gasteiger partial charge in [-0.15, -0.1) is 0 Å². The Hall–Kier alpha value is -2.38. The Labute approximate surface area is 165 Å². The van der Waals surface area contributed by atoms with Crippen molar-refractivity contribution in [1.29, 1.82) is 0 Å². The van der Waals surface area contributed by atoms with Crippen molar-refractivity contribution in [3.05, 3.63) is 58.7 Å². The lowest BCUT2D eigenvalue weighted by molar-refractivity contribution is -0.139. The second-order valence-corrected chi connectivity index (χ2v) is 9.26. The normalized spacial score (nSPS) is 16.6. The minimum absolute atomic E-state index is 0.290. The third kappa shape index (κ3) is 4.05. The molecule has 1 aliphatic rings. The SMILES string of the molecule is Cc1cc(C)cc(S(=O)(=O)N(C)[C@@H]2CCCc3c(OCC(=O)O)cccc32)c1. The van der Waals surface area contributed by atoms with Crippen LogP contribution < -0.4 is 4.74 Å². The lowest BCUT2D eigenvalue weighted by Gasteiger charge is -2.33. The van der Waals surface area contributed by atoms with Gasteiger partial charge in [0.2, 0.25) is 10.0 Å². The van der Waals surface area contributed by atoms with Crippen LogP contribution in [0.2, 0.25) is 0 Å². The number of sulfonamides is 1. The van der Waals surface area contributed by atoms with Gasteiger partial charge in [-0.2, -0.15) is 4.31 Å². The van der Waals surface area contributed by atoms with E-state index in [0.29, 0.717) is 12.2 Å². The number of carboxylic acid groups (broad SMARTS) is 1. The number of aliphatic carboxylic acids is 1. The monoisotopic (exact) mass is 403 g/mol. The summed E-state index contributed by atoms with van der Waals surface area (Å²) in [5.41, 5.74) is 3.58. The van der Waals surface area contributed by atoms with Crippen LogP contribution in [0.15, 0.2) is 41.3 Å². The van der Waals surface area contributed by atoms with E-state index < -0.39 is 22.6 Å². The van der Waals surface area contributed by atoms with Crippen LogP contribution in [0, 0.1) is 13.8 Å². The molecule has 0 bridgehead atoms. The number of ether oxygens (including phenoxy) is 1. The van der Waals surface area contributed by atoms with Crippen molar-refractivity contribution in [2.75, 3.05) is 13.7 Å². The summed E-state index contributed by atoms with van der Waals surface area (Å²) in [6, 6.07) is 10.4. The Bertz CT molecular complexity index is 980. The molecule has 0 spiro atoms. The van der Waals surface area contributed by atoms with Crippen molar-refractivity contribution < 1.29 is 23.1 Å². The Morgan fingerprint density at radius 3 is 2.54 bits per heavy atom. The molecule has 0 saturated carbocycles. The Morgan fingerprint density at radius 1 is 1.21 bits per heavy atom. The van der Waals surface area contributed by atoms with Gasteiger partial charge in [-0.25, -0.2) is 13.2 Å². The van der Waals surface area contributed by atoms with Gasteiger partial charge < -0.3 is 9.84 Å². The summed E-state index contributed by atoms with van der Waals surface area (Å²) in [7, 11) is -2.06. The molecule has 150 valence electrons. The van der Waals surface area contributed by atoms with Gasteiger partial charge in [-0.1, -0.05) is 18.2 Å². The molecule has 3 rings (SSSR count). The number of hydrogen-bond donors (Lipinski definition) is 1. The van der Waals surface area contributed by atoms with E-state index in [0.717, 1.165) is 35.1 Å². The molecule has 0 saturated heterocycles. The average Bonchev–Trinajstić information content (AvgIpc) is 2.64. The highest BCUT2D eigenvalue weighted by molar-refractivity contribution is 7.89. The Balaban J connectivity index is 1.97. The van der Waals surface area contributed by atoms with Crippen LogP contribution in [0.4, 0.5) is 0 Å². The fourth-order valence-electron chi connectivity index (χ4n) is 3.86. The number of fused-ring (bicyclic) bond motifs is 1. The first-order chi connectivity index (χ1) is 13.2. The van der Waals surface area contributed by atoms with Gasteiger partial charge in [0.15, 0.2) is 6.61 Å². The molecule has 0 aliphatic heterocycles. The van der Waals surface area contributed by atoms with E-state index in [1.807, 2.05) is 26.0 Å². The molecule has 2 aromatic carbocycles. The third-order valence-electron chi connectivity index (χ3n) is 5.09. The summed E-state index contributed by atoms with van der Waals surface area (Å²) in [4.78, 5) is 11.1. The summed E-state index contributed by atoms with van der Waals surface area (Å²) < 4.78 is 33.4. The average molecular weight is 404 g/mol. The van der Waals surface area contributed by atoms with Crippen molar-refractivity contribution in [1.82, 2.24) is 4.31 Å². The van der Waals surface area contributed by atoms with E-state index in [4.69, 9.17) is 9.84 Å². The summed E-state index contributed by atoms with van der Waals surface area (Å²) in [5.74, 6) is -0.527. The molecule has 0 fully saturated rings. The molecule has 28 heavy (non-hydrogen) atoms. The highest BCUT2D eigenvalue weighted by Gasteiger charge is 2.33. The first kappa shape index (κ1) is 20.4. The predicted molar refractivity (Wildman–Crippen MR) is 106 cm³/mol. The lowest BCUT2D eigenvalue weighted by Crippen LogP contribution is -2.33. The van der Waals surface area contributed by atoms with Crippen molar-refractivity contribution in [3.63, 3.8) is 0 Å². The van der Waals surface area contributed by atoms with Gasteiger partial charge in [0.25, 0.3) is 0 Å². The third-order valence-corrected chi connectivity index (χ3v) is 6.94. The molecule has 7 heteroatoms. The van der Waals surface area contributed by atoms with Crippen LogP contribution in [-0.2, 0) is 21.2 Å². The van der Waals surface area contributed by atoms with Gasteiger partial charge in [0.05, 0.1) is 10.9 Å². The number of nitrogens with zero attached hydrogens (tertiary/aromatic N) is 1. The molecule has 0 radical (unpaired) electrons. The van der Waals surface area contributed by atoms with Crippen LogP contribution in [0.1, 0.15) is 41.1 Å². The zero-order chi connectivity index (χ0) is 20.5. The van der Waals surface area contributed by atoms with E-state index in [2.05, 4.69) is 0 Å². The quantitative estimate of drug-likeness (QED) is 0.798. The maximum atomic E-state index is 13.3. The highest BCUT2D eigenvalue weighted by Crippen LogP contribution is 2.40. The number of benzene rings is 2. The zero-order valence-electron chi connectivity index (χ0n) is 16.3. The summed E-state index contributed by atoms with van der Waals surface area (Å²) >= 11 is 0. The van der Waals surface area contributed by atoms with Gasteiger partial charge in [-0.3, -0.25) is 0 Å². The molecular formula is C21H25NO5S. The maximum Gasteiger partial charge on any atom is 0.341 e. The van der Waals surface area contributed by atoms with Crippen molar-refractivity contribution in [2.45, 2.75) is 44.0 Å². The van der Waals surface area contributed by atoms with Crippen molar-refractivity contribution in [3.8, 4) is 5.75 Å². The van der Waals surface area contributed by atoms with E-state index in [-0.39, 0.29) is 10.9 Å². The van der Waals surface area contributed by atoms with Crippen molar-refractivity contribution >= 4 is 16.0 Å². The van der Waals surface area contributed by atoms with Crippen LogP contribution in [0.25, 0.3) is 0 Å². The van der Waals surface area contributed by atoms with Crippen LogP contribution in [0.3, 0.4) is 0 Å². The second kappa shape index (κ2) is 7.93. The summed E-state index contributed by atoms with van der Waals surface area (Å²) in [5, 5.41) is 8.88. The topological polar surface area (TPSA) is 83.9 Å². The van der Waals surface area contributed by atoms with Crippen LogP contribution in [0.5, 0.6) is 5.75 Å². The van der Waals surface area contributed by atoms with E-state index in [9.17, 15) is 13.2 Å². The minimum atomic E-state index is -3.67. The van der Waals surface area contributed by atoms with Gasteiger partial charge in [0.1, 0.15) is 5.75 Å². The molecule has 1 aliphatic carbocycles. The molecule has 1 atom stereocenters. The number of carbonyl (C=O) groups is 1. The van der Waals surface area contributed by atoms with Crippen LogP contribution >= 0.6 is 0 Å². The van der Waals surface area contributed by atoms with E-state index in [1.165, 1.54) is 4.31 Å². The number of rotatable bonds is 6. The molecule has 6 nitrogen and oxygen atoms in total. The second-order valence-electron chi connectivity index (χ2n) is 7.26. The first-order valence-corrected chi connectivity index (χ1v) is 10.7. The number of hydrogen-bond acceptors (Lipinski definition) is 4. The maximum absolute atomic E-state index is 13.3. The highest BCUT2D eigenvalue weighted by atomic mass is 32.2. The Morgan fingerprint density at radius 2 is 1.89 bits per heavy atom. The summed E-state index contributed by atoms with van der Waals surface area (Å²) in [6.07, 6.45) is 2.24. The molecule has 0 unspecified atom stereocenters.